The number of piperidine rings is 2. The van der Waals surface area contributed by atoms with Gasteiger partial charge in [0.2, 0.25) is 0 Å². The van der Waals surface area contributed by atoms with Crippen LogP contribution in [0.2, 0.25) is 0 Å². The number of benzene rings is 2. The molecule has 2 saturated heterocycles. The molecule has 0 unspecified atom stereocenters. The van der Waals surface area contributed by atoms with Gasteiger partial charge in [0.05, 0.1) is 0 Å². The lowest BCUT2D eigenvalue weighted by molar-refractivity contribution is 0.0265. The van der Waals surface area contributed by atoms with Crippen molar-refractivity contribution in [1.29, 1.82) is 0 Å². The van der Waals surface area contributed by atoms with Crippen LogP contribution in [0.1, 0.15) is 37.7 Å². The van der Waals surface area contributed by atoms with E-state index in [1.54, 1.807) is 0 Å². The molecule has 2 aromatic rings. The van der Waals surface area contributed by atoms with E-state index in [0.29, 0.717) is 11.3 Å². The van der Waals surface area contributed by atoms with Crippen molar-refractivity contribution in [3.8, 4) is 0 Å². The molecule has 2 heterocycles. The number of carbonyl (C=O) groups is 1. The van der Waals surface area contributed by atoms with Crippen LogP contribution in [0.5, 0.6) is 0 Å². The van der Waals surface area contributed by atoms with Crippen LogP contribution in [0.3, 0.4) is 0 Å². The molecule has 4 nitrogen and oxygen atoms in total. The van der Waals surface area contributed by atoms with Gasteiger partial charge in [-0.15, -0.1) is 0 Å². The van der Waals surface area contributed by atoms with Gasteiger partial charge in [0.25, 0.3) is 0 Å². The number of nitrogens with zero attached hydrogens (tertiary/aromatic N) is 2. The second-order valence-electron chi connectivity index (χ2n) is 8.42. The van der Waals surface area contributed by atoms with Crippen molar-refractivity contribution in [2.75, 3.05) is 38.0 Å². The highest BCUT2D eigenvalue weighted by Gasteiger charge is 2.42. The minimum absolute atomic E-state index is 0.0313. The molecule has 0 radical (unpaired) electrons. The Kier molecular flexibility index (Phi) is 5.67. The SMILES string of the molecule is CCN1C[C@H](c2ccccc2)CC2(CCN(C(=O)Nc3ccccc3)CC2)C1. The average molecular weight is 378 g/mol. The largest absolute Gasteiger partial charge is 0.324 e. The molecule has 1 atom stereocenters. The molecule has 28 heavy (non-hydrogen) atoms. The zero-order valence-electron chi connectivity index (χ0n) is 16.8. The molecular formula is C24H31N3O. The van der Waals surface area contributed by atoms with Gasteiger partial charge in [-0.05, 0) is 54.8 Å². The predicted octanol–water partition coefficient (Wildman–Crippen LogP) is 4.81. The molecule has 1 N–H and O–H groups in total. The Hall–Kier alpha value is -2.33. The fourth-order valence-corrected chi connectivity index (χ4v) is 4.96. The van der Waals surface area contributed by atoms with Crippen molar-refractivity contribution in [3.63, 3.8) is 0 Å². The van der Waals surface area contributed by atoms with Gasteiger partial charge < -0.3 is 15.1 Å². The number of hydrogen-bond acceptors (Lipinski definition) is 2. The van der Waals surface area contributed by atoms with Crippen molar-refractivity contribution in [3.05, 3.63) is 66.2 Å². The molecule has 0 aromatic heterocycles. The normalized spacial score (nSPS) is 22.2. The Morgan fingerprint density at radius 1 is 1.04 bits per heavy atom. The van der Waals surface area contributed by atoms with Gasteiger partial charge in [0, 0.05) is 31.9 Å². The number of carbonyl (C=O) groups excluding carboxylic acids is 1. The highest BCUT2D eigenvalue weighted by molar-refractivity contribution is 5.89. The van der Waals surface area contributed by atoms with E-state index in [2.05, 4.69) is 47.5 Å². The molecule has 1 spiro atoms. The third kappa shape index (κ3) is 4.22. The van der Waals surface area contributed by atoms with Crippen LogP contribution >= 0.6 is 0 Å². The van der Waals surface area contributed by atoms with Crippen molar-refractivity contribution in [2.24, 2.45) is 5.41 Å². The van der Waals surface area contributed by atoms with E-state index >= 15 is 0 Å². The Bertz CT molecular complexity index is 769. The van der Waals surface area contributed by atoms with Gasteiger partial charge in [-0.2, -0.15) is 0 Å². The third-order valence-corrected chi connectivity index (χ3v) is 6.57. The second-order valence-corrected chi connectivity index (χ2v) is 8.42. The molecule has 0 saturated carbocycles. The minimum atomic E-state index is 0.0313. The van der Waals surface area contributed by atoms with E-state index < -0.39 is 0 Å². The Morgan fingerprint density at radius 2 is 1.68 bits per heavy atom. The standard InChI is InChI=1S/C24H31N3O/c1-2-26-18-21(20-9-5-3-6-10-20)17-24(19-26)13-15-27(16-14-24)23(28)25-22-11-7-4-8-12-22/h3-12,21H,2,13-19H2,1H3,(H,25,28)/t21-/m1/s1. The smallest absolute Gasteiger partial charge is 0.321 e. The van der Waals surface area contributed by atoms with E-state index in [1.165, 1.54) is 18.5 Å². The van der Waals surface area contributed by atoms with E-state index in [4.69, 9.17) is 0 Å². The number of hydrogen-bond donors (Lipinski definition) is 1. The molecule has 2 amide bonds. The van der Waals surface area contributed by atoms with Crippen molar-refractivity contribution < 1.29 is 4.79 Å². The molecule has 148 valence electrons. The van der Waals surface area contributed by atoms with Crippen LogP contribution in [0.4, 0.5) is 10.5 Å². The van der Waals surface area contributed by atoms with Gasteiger partial charge >= 0.3 is 6.03 Å². The number of likely N-dealkylation sites (tertiary alicyclic amines) is 2. The van der Waals surface area contributed by atoms with Gasteiger partial charge in [-0.1, -0.05) is 55.5 Å². The van der Waals surface area contributed by atoms with E-state index in [1.807, 2.05) is 35.2 Å². The second kappa shape index (κ2) is 8.36. The number of amides is 2. The highest BCUT2D eigenvalue weighted by atomic mass is 16.2. The van der Waals surface area contributed by atoms with Gasteiger partial charge in [0.1, 0.15) is 0 Å². The maximum absolute atomic E-state index is 12.6. The number of anilines is 1. The first-order chi connectivity index (χ1) is 13.7. The summed E-state index contributed by atoms with van der Waals surface area (Å²) in [5, 5.41) is 3.03. The number of urea groups is 1. The molecule has 4 rings (SSSR count). The fraction of sp³-hybridized carbons (Fsp3) is 0.458. The summed E-state index contributed by atoms with van der Waals surface area (Å²) < 4.78 is 0. The summed E-state index contributed by atoms with van der Waals surface area (Å²) in [6, 6.07) is 20.7. The fourth-order valence-electron chi connectivity index (χ4n) is 4.96. The first-order valence-electron chi connectivity index (χ1n) is 10.6. The van der Waals surface area contributed by atoms with E-state index in [0.717, 1.165) is 44.7 Å². The summed E-state index contributed by atoms with van der Waals surface area (Å²) in [6.45, 7) is 7.38. The predicted molar refractivity (Wildman–Crippen MR) is 115 cm³/mol. The quantitative estimate of drug-likeness (QED) is 0.833. The third-order valence-electron chi connectivity index (χ3n) is 6.57. The monoisotopic (exact) mass is 377 g/mol. The molecule has 2 aliphatic heterocycles. The molecular weight excluding hydrogens is 346 g/mol. The first-order valence-corrected chi connectivity index (χ1v) is 10.6. The number of likely N-dealkylation sites (N-methyl/N-ethyl adjacent to an activating group) is 1. The molecule has 0 aliphatic carbocycles. The number of nitrogens with one attached hydrogen (secondary N) is 1. The topological polar surface area (TPSA) is 35.6 Å². The van der Waals surface area contributed by atoms with Crippen molar-refractivity contribution >= 4 is 11.7 Å². The summed E-state index contributed by atoms with van der Waals surface area (Å²) >= 11 is 0. The van der Waals surface area contributed by atoms with Crippen molar-refractivity contribution in [2.45, 2.75) is 32.1 Å². The first kappa shape index (κ1) is 19.0. The van der Waals surface area contributed by atoms with Crippen LogP contribution in [0.25, 0.3) is 0 Å². The summed E-state index contributed by atoms with van der Waals surface area (Å²) in [5.74, 6) is 0.597. The van der Waals surface area contributed by atoms with Crippen molar-refractivity contribution in [1.82, 2.24) is 9.80 Å². The van der Waals surface area contributed by atoms with Gasteiger partial charge in [-0.3, -0.25) is 0 Å². The molecule has 2 aliphatic rings. The van der Waals surface area contributed by atoms with E-state index in [-0.39, 0.29) is 6.03 Å². The summed E-state index contributed by atoms with van der Waals surface area (Å²) in [5.41, 5.74) is 2.66. The maximum Gasteiger partial charge on any atom is 0.321 e. The summed E-state index contributed by atoms with van der Waals surface area (Å²) in [7, 11) is 0. The van der Waals surface area contributed by atoms with Gasteiger partial charge in [-0.25, -0.2) is 4.79 Å². The Morgan fingerprint density at radius 3 is 2.32 bits per heavy atom. The Balaban J connectivity index is 1.41. The maximum atomic E-state index is 12.6. The average Bonchev–Trinajstić information content (AvgIpc) is 2.75. The van der Waals surface area contributed by atoms with Crippen LogP contribution in [0.15, 0.2) is 60.7 Å². The zero-order valence-corrected chi connectivity index (χ0v) is 16.8. The lowest BCUT2D eigenvalue weighted by atomic mass is 9.68. The van der Waals surface area contributed by atoms with Crippen LogP contribution in [0, 0.1) is 5.41 Å². The minimum Gasteiger partial charge on any atom is -0.324 e. The molecule has 4 heteroatoms. The molecule has 2 aromatic carbocycles. The number of para-hydroxylation sites is 1. The number of rotatable bonds is 3. The van der Waals surface area contributed by atoms with Gasteiger partial charge in [0.15, 0.2) is 0 Å². The van der Waals surface area contributed by atoms with Crippen LogP contribution in [-0.2, 0) is 0 Å². The summed E-state index contributed by atoms with van der Waals surface area (Å²) in [4.78, 5) is 17.2. The highest BCUT2D eigenvalue weighted by Crippen LogP contribution is 2.45. The lowest BCUT2D eigenvalue weighted by Crippen LogP contribution is -2.53. The zero-order chi connectivity index (χ0) is 19.4. The van der Waals surface area contributed by atoms with Crippen LogP contribution < -0.4 is 5.32 Å². The molecule has 0 bridgehead atoms. The Labute approximate surface area is 168 Å². The molecule has 2 fully saturated rings. The van der Waals surface area contributed by atoms with E-state index in [9.17, 15) is 4.79 Å². The lowest BCUT2D eigenvalue weighted by Gasteiger charge is -2.50. The summed E-state index contributed by atoms with van der Waals surface area (Å²) in [6.07, 6.45) is 3.42. The van der Waals surface area contributed by atoms with Crippen LogP contribution in [-0.4, -0.2) is 48.6 Å².